The molecule has 0 radical (unpaired) electrons. The molecule has 0 saturated carbocycles. The Morgan fingerprint density at radius 3 is 2.66 bits per heavy atom. The number of anilines is 1. The Bertz CT molecular complexity index is 1100. The summed E-state index contributed by atoms with van der Waals surface area (Å²) in [6.07, 6.45) is 3.23. The first kappa shape index (κ1) is 20.9. The van der Waals surface area contributed by atoms with Gasteiger partial charge in [0.1, 0.15) is 5.75 Å². The lowest BCUT2D eigenvalue weighted by Crippen LogP contribution is -2.03. The fourth-order valence-corrected chi connectivity index (χ4v) is 3.31. The van der Waals surface area contributed by atoms with E-state index in [1.807, 2.05) is 12.1 Å². The van der Waals surface area contributed by atoms with Gasteiger partial charge in [-0.2, -0.15) is 0 Å². The lowest BCUT2D eigenvalue weighted by Gasteiger charge is -2.11. The minimum atomic E-state index is -0.463. The predicted molar refractivity (Wildman–Crippen MR) is 115 cm³/mol. The molecule has 0 unspecified atom stereocenters. The molecule has 3 rings (SSSR count). The van der Waals surface area contributed by atoms with Crippen molar-refractivity contribution in [2.75, 3.05) is 19.5 Å². The molecule has 6 nitrogen and oxygen atoms in total. The van der Waals surface area contributed by atoms with Gasteiger partial charge >= 0.3 is 5.97 Å². The number of ether oxygens (including phenoxy) is 2. The van der Waals surface area contributed by atoms with Crippen LogP contribution in [0.2, 0.25) is 10.0 Å². The molecule has 150 valence electrons. The lowest BCUT2D eigenvalue weighted by molar-refractivity contribution is -0.137. The molecular weight excluding hydrogens is 413 g/mol. The number of methoxy groups -OCH3 is 1. The van der Waals surface area contributed by atoms with E-state index in [-0.39, 0.29) is 0 Å². The van der Waals surface area contributed by atoms with Gasteiger partial charge in [-0.15, -0.1) is 0 Å². The van der Waals surface area contributed by atoms with E-state index >= 15 is 0 Å². The van der Waals surface area contributed by atoms with Crippen molar-refractivity contribution in [2.45, 2.75) is 13.3 Å². The number of esters is 1. The topological polar surface area (TPSA) is 87.3 Å². The second-order valence-corrected chi connectivity index (χ2v) is 6.93. The highest BCUT2D eigenvalue weighted by Gasteiger charge is 2.14. The van der Waals surface area contributed by atoms with Crippen molar-refractivity contribution in [3.63, 3.8) is 0 Å². The van der Waals surface area contributed by atoms with Crippen molar-refractivity contribution in [3.05, 3.63) is 63.5 Å². The molecule has 3 aromatic rings. The summed E-state index contributed by atoms with van der Waals surface area (Å²) in [6.45, 7) is 2.03. The number of carbonyl (C=O) groups excluding carboxylic acids is 1. The number of hydrogen-bond donors (Lipinski definition) is 1. The second-order valence-electron chi connectivity index (χ2n) is 6.11. The summed E-state index contributed by atoms with van der Waals surface area (Å²) in [5.74, 6) is 0.487. The molecule has 2 aromatic carbocycles. The number of nitrogen functional groups attached to an aromatic ring is 1. The monoisotopic (exact) mass is 431 g/mol. The number of hydrogen-bond acceptors (Lipinski definition) is 6. The molecule has 0 amide bonds. The molecule has 0 aliphatic heterocycles. The van der Waals surface area contributed by atoms with Gasteiger partial charge in [0.25, 0.3) is 0 Å². The second kappa shape index (κ2) is 9.11. The third kappa shape index (κ3) is 4.78. The summed E-state index contributed by atoms with van der Waals surface area (Å²) in [5, 5.41) is 1.58. The van der Waals surface area contributed by atoms with Gasteiger partial charge in [0.2, 0.25) is 0 Å². The first-order valence-corrected chi connectivity index (χ1v) is 9.60. The first-order chi connectivity index (χ1) is 13.9. The molecule has 8 heteroatoms. The molecule has 0 aliphatic carbocycles. The smallest absolute Gasteiger partial charge is 0.330 e. The number of rotatable bonds is 6. The standard InChI is InChI=1S/C21H19Cl2N3O3/c1-3-29-19(27)9-8-18-25-15-6-5-13(22)21(24)20(15)16(26-18)11-12-4-7-17(28-2)14(23)10-12/h4-10H,3,11,24H2,1-2H3/b9-8+. The van der Waals surface area contributed by atoms with Crippen LogP contribution in [0.3, 0.4) is 0 Å². The van der Waals surface area contributed by atoms with E-state index in [0.717, 1.165) is 5.56 Å². The van der Waals surface area contributed by atoms with Crippen LogP contribution in [-0.4, -0.2) is 29.7 Å². The van der Waals surface area contributed by atoms with E-state index in [1.165, 1.54) is 12.2 Å². The highest BCUT2D eigenvalue weighted by Crippen LogP contribution is 2.32. The minimum Gasteiger partial charge on any atom is -0.495 e. The molecule has 0 fully saturated rings. The van der Waals surface area contributed by atoms with Gasteiger partial charge in [-0.05, 0) is 42.8 Å². The lowest BCUT2D eigenvalue weighted by atomic mass is 10.0. The van der Waals surface area contributed by atoms with E-state index in [4.69, 9.17) is 38.4 Å². The summed E-state index contributed by atoms with van der Waals surface area (Å²) in [6, 6.07) is 8.94. The van der Waals surface area contributed by atoms with Crippen molar-refractivity contribution >= 4 is 51.8 Å². The van der Waals surface area contributed by atoms with Gasteiger partial charge in [-0.3, -0.25) is 0 Å². The molecule has 0 bridgehead atoms. The maximum atomic E-state index is 11.6. The maximum absolute atomic E-state index is 11.6. The van der Waals surface area contributed by atoms with Crippen LogP contribution in [0.25, 0.3) is 17.0 Å². The van der Waals surface area contributed by atoms with Crippen LogP contribution in [0.15, 0.2) is 36.4 Å². The van der Waals surface area contributed by atoms with Crippen LogP contribution in [0.5, 0.6) is 5.75 Å². The minimum absolute atomic E-state index is 0.292. The van der Waals surface area contributed by atoms with Gasteiger partial charge in [0, 0.05) is 17.9 Å². The molecule has 0 aliphatic rings. The zero-order valence-electron chi connectivity index (χ0n) is 15.9. The van der Waals surface area contributed by atoms with Crippen molar-refractivity contribution in [2.24, 2.45) is 0 Å². The van der Waals surface area contributed by atoms with Gasteiger partial charge in [-0.25, -0.2) is 14.8 Å². The molecule has 29 heavy (non-hydrogen) atoms. The molecule has 0 spiro atoms. The average molecular weight is 432 g/mol. The van der Waals surface area contributed by atoms with Crippen LogP contribution in [-0.2, 0) is 16.0 Å². The van der Waals surface area contributed by atoms with Gasteiger partial charge in [0.05, 0.1) is 40.7 Å². The first-order valence-electron chi connectivity index (χ1n) is 8.84. The van der Waals surface area contributed by atoms with E-state index in [2.05, 4.69) is 9.97 Å². The van der Waals surface area contributed by atoms with Crippen LogP contribution < -0.4 is 10.5 Å². The van der Waals surface area contributed by atoms with Crippen LogP contribution >= 0.6 is 23.2 Å². The average Bonchev–Trinajstić information content (AvgIpc) is 2.69. The number of fused-ring (bicyclic) bond motifs is 1. The van der Waals surface area contributed by atoms with Gasteiger partial charge in [-0.1, -0.05) is 29.3 Å². The largest absolute Gasteiger partial charge is 0.495 e. The zero-order chi connectivity index (χ0) is 21.0. The quantitative estimate of drug-likeness (QED) is 0.345. The summed E-state index contributed by atoms with van der Waals surface area (Å²) in [4.78, 5) is 20.7. The zero-order valence-corrected chi connectivity index (χ0v) is 17.4. The van der Waals surface area contributed by atoms with Gasteiger partial charge in [0.15, 0.2) is 5.82 Å². The van der Waals surface area contributed by atoms with Gasteiger partial charge < -0.3 is 15.2 Å². The van der Waals surface area contributed by atoms with E-state index in [9.17, 15) is 4.79 Å². The van der Waals surface area contributed by atoms with Crippen molar-refractivity contribution < 1.29 is 14.3 Å². The summed E-state index contributed by atoms with van der Waals surface area (Å²) in [5.41, 5.74) is 8.82. The normalized spacial score (nSPS) is 11.2. The highest BCUT2D eigenvalue weighted by atomic mass is 35.5. The maximum Gasteiger partial charge on any atom is 0.330 e. The highest BCUT2D eigenvalue weighted by molar-refractivity contribution is 6.34. The molecule has 0 atom stereocenters. The third-order valence-corrected chi connectivity index (χ3v) is 4.81. The SMILES string of the molecule is CCOC(=O)/C=C/c1nc(Cc2ccc(OC)c(Cl)c2)c2c(N)c(Cl)ccc2n1. The van der Waals surface area contributed by atoms with Crippen LogP contribution in [0.4, 0.5) is 5.69 Å². The number of carbonyl (C=O) groups is 1. The number of nitrogens with two attached hydrogens (primary N) is 1. The van der Waals surface area contributed by atoms with E-state index < -0.39 is 5.97 Å². The Morgan fingerprint density at radius 1 is 1.17 bits per heavy atom. The predicted octanol–water partition coefficient (Wildman–Crippen LogP) is 4.69. The molecule has 1 aromatic heterocycles. The number of aromatic nitrogens is 2. The van der Waals surface area contributed by atoms with E-state index in [1.54, 1.807) is 32.2 Å². The van der Waals surface area contributed by atoms with Crippen LogP contribution in [0.1, 0.15) is 24.0 Å². The summed E-state index contributed by atoms with van der Waals surface area (Å²) < 4.78 is 10.1. The Hall–Kier alpha value is -2.83. The third-order valence-electron chi connectivity index (χ3n) is 4.19. The Kier molecular flexibility index (Phi) is 6.56. The van der Waals surface area contributed by atoms with Crippen molar-refractivity contribution in [1.82, 2.24) is 9.97 Å². The fraction of sp³-hybridized carbons (Fsp3) is 0.190. The molecule has 1 heterocycles. The fourth-order valence-electron chi connectivity index (χ4n) is 2.87. The van der Waals surface area contributed by atoms with Crippen molar-refractivity contribution in [3.8, 4) is 5.75 Å². The Labute approximate surface area is 178 Å². The Morgan fingerprint density at radius 2 is 1.97 bits per heavy atom. The van der Waals surface area contributed by atoms with Crippen molar-refractivity contribution in [1.29, 1.82) is 0 Å². The molecule has 0 saturated heterocycles. The summed E-state index contributed by atoms with van der Waals surface area (Å²) in [7, 11) is 1.56. The summed E-state index contributed by atoms with van der Waals surface area (Å²) >= 11 is 12.5. The number of benzene rings is 2. The van der Waals surface area contributed by atoms with E-state index in [0.29, 0.717) is 56.9 Å². The number of nitrogens with zero attached hydrogens (tertiary/aromatic N) is 2. The molecular formula is C21H19Cl2N3O3. The molecule has 2 N–H and O–H groups in total. The Balaban J connectivity index is 2.08. The number of halogens is 2. The van der Waals surface area contributed by atoms with Crippen LogP contribution in [0, 0.1) is 0 Å².